The summed E-state index contributed by atoms with van der Waals surface area (Å²) >= 11 is 1.79. The summed E-state index contributed by atoms with van der Waals surface area (Å²) in [6, 6.07) is 19.8. The summed E-state index contributed by atoms with van der Waals surface area (Å²) in [6.07, 6.45) is 0. The molecule has 4 heteroatoms. The molecule has 0 bridgehead atoms. The second kappa shape index (κ2) is 7.27. The monoisotopic (exact) mass is 311 g/mol. The van der Waals surface area contributed by atoms with Gasteiger partial charge in [0, 0.05) is 11.3 Å². The molecular formula is C18H19N2OS+. The van der Waals surface area contributed by atoms with Crippen LogP contribution in [0.5, 0.6) is 0 Å². The van der Waals surface area contributed by atoms with Gasteiger partial charge in [0.2, 0.25) is 5.78 Å². The molecule has 1 aliphatic rings. The third kappa shape index (κ3) is 3.77. The number of amidine groups is 1. The van der Waals surface area contributed by atoms with E-state index in [1.165, 1.54) is 5.56 Å². The van der Waals surface area contributed by atoms with Crippen molar-refractivity contribution in [3.63, 3.8) is 0 Å². The van der Waals surface area contributed by atoms with E-state index in [0.717, 1.165) is 29.6 Å². The molecule has 1 heterocycles. The summed E-state index contributed by atoms with van der Waals surface area (Å²) in [6.45, 7) is 2.15. The van der Waals surface area contributed by atoms with Crippen molar-refractivity contribution in [1.82, 2.24) is 5.32 Å². The number of benzene rings is 2. The number of nitrogens with zero attached hydrogens (tertiary/aromatic N) is 1. The molecule has 0 saturated carbocycles. The van der Waals surface area contributed by atoms with Crippen molar-refractivity contribution < 1.29 is 9.37 Å². The SMILES string of the molecule is O=C(C[N+]1=C(NCc2ccccc2)SCC1)c1ccccc1. The average Bonchev–Trinajstić information content (AvgIpc) is 3.02. The molecule has 0 radical (unpaired) electrons. The van der Waals surface area contributed by atoms with Crippen molar-refractivity contribution in [3.05, 3.63) is 71.8 Å². The van der Waals surface area contributed by atoms with Crippen molar-refractivity contribution in [1.29, 1.82) is 0 Å². The van der Waals surface area contributed by atoms with E-state index in [4.69, 9.17) is 0 Å². The van der Waals surface area contributed by atoms with Gasteiger partial charge in [0.05, 0.1) is 6.54 Å². The van der Waals surface area contributed by atoms with Gasteiger partial charge < -0.3 is 0 Å². The number of hydrogen-bond donors (Lipinski definition) is 1. The molecule has 0 aliphatic carbocycles. The van der Waals surface area contributed by atoms with Crippen LogP contribution in [-0.2, 0) is 6.54 Å². The normalized spacial score (nSPS) is 14.2. The molecule has 1 N–H and O–H groups in total. The molecule has 3 nitrogen and oxygen atoms in total. The van der Waals surface area contributed by atoms with Gasteiger partial charge in [-0.3, -0.25) is 10.1 Å². The Morgan fingerprint density at radius 1 is 1.05 bits per heavy atom. The highest BCUT2D eigenvalue weighted by atomic mass is 32.2. The summed E-state index contributed by atoms with van der Waals surface area (Å²) in [5, 5.41) is 4.56. The van der Waals surface area contributed by atoms with Gasteiger partial charge in [-0.1, -0.05) is 60.7 Å². The Bertz CT molecular complexity index is 668. The standard InChI is InChI=1S/C18H18N2OS/c21-17(16-9-5-2-6-10-16)14-20-11-12-22-18(20)19-13-15-7-3-1-4-8-15/h1-10H,11-14H2/p+1. The molecule has 0 amide bonds. The van der Waals surface area contributed by atoms with Crippen molar-refractivity contribution in [2.45, 2.75) is 6.54 Å². The zero-order valence-electron chi connectivity index (χ0n) is 12.4. The van der Waals surface area contributed by atoms with Crippen LogP contribution in [0.2, 0.25) is 0 Å². The minimum absolute atomic E-state index is 0.169. The zero-order valence-corrected chi connectivity index (χ0v) is 13.2. The lowest BCUT2D eigenvalue weighted by Gasteiger charge is -2.05. The molecule has 0 aromatic heterocycles. The Balaban J connectivity index is 1.65. The summed E-state index contributed by atoms with van der Waals surface area (Å²) in [5.74, 6) is 1.20. The van der Waals surface area contributed by atoms with Gasteiger partial charge in [-0.15, -0.1) is 0 Å². The maximum atomic E-state index is 12.3. The third-order valence-electron chi connectivity index (χ3n) is 3.60. The number of carbonyl (C=O) groups excluding carboxylic acids is 1. The molecule has 0 atom stereocenters. The van der Waals surface area contributed by atoms with Crippen LogP contribution in [0, 0.1) is 0 Å². The van der Waals surface area contributed by atoms with Gasteiger partial charge in [-0.05, 0) is 17.3 Å². The molecular weight excluding hydrogens is 292 g/mol. The van der Waals surface area contributed by atoms with Crippen LogP contribution in [0.3, 0.4) is 0 Å². The first kappa shape index (κ1) is 14.9. The Hall–Kier alpha value is -2.07. The highest BCUT2D eigenvalue weighted by Gasteiger charge is 2.23. The van der Waals surface area contributed by atoms with E-state index in [2.05, 4.69) is 22.0 Å². The smallest absolute Gasteiger partial charge is 0.290 e. The summed E-state index contributed by atoms with van der Waals surface area (Å²) < 4.78 is 2.14. The van der Waals surface area contributed by atoms with Crippen molar-refractivity contribution in [2.75, 3.05) is 18.8 Å². The highest BCUT2D eigenvalue weighted by molar-refractivity contribution is 8.13. The van der Waals surface area contributed by atoms with E-state index in [0.29, 0.717) is 6.54 Å². The van der Waals surface area contributed by atoms with Crippen LogP contribution in [0.25, 0.3) is 0 Å². The molecule has 112 valence electrons. The molecule has 0 spiro atoms. The largest absolute Gasteiger partial charge is 0.307 e. The number of Topliss-reactive ketones (excluding diaryl/α,β-unsaturated/α-hetero) is 1. The zero-order chi connectivity index (χ0) is 15.2. The van der Waals surface area contributed by atoms with Gasteiger partial charge in [0.25, 0.3) is 0 Å². The Kier molecular flexibility index (Phi) is 4.91. The van der Waals surface area contributed by atoms with Crippen molar-refractivity contribution >= 4 is 22.7 Å². The van der Waals surface area contributed by atoms with Gasteiger partial charge in [0.15, 0.2) is 0 Å². The number of thioether (sulfide) groups is 1. The topological polar surface area (TPSA) is 32.1 Å². The van der Waals surface area contributed by atoms with Crippen molar-refractivity contribution in [2.24, 2.45) is 0 Å². The minimum atomic E-state index is 0.169. The fourth-order valence-corrected chi connectivity index (χ4v) is 3.44. The second-order valence-electron chi connectivity index (χ2n) is 5.20. The number of carbonyl (C=O) groups is 1. The fourth-order valence-electron chi connectivity index (χ4n) is 2.42. The Labute approximate surface area is 135 Å². The number of nitrogens with one attached hydrogen (secondary N) is 1. The van der Waals surface area contributed by atoms with Crippen LogP contribution in [0.15, 0.2) is 60.7 Å². The van der Waals surface area contributed by atoms with Crippen LogP contribution < -0.4 is 5.32 Å². The third-order valence-corrected chi connectivity index (χ3v) is 4.67. The van der Waals surface area contributed by atoms with Crippen LogP contribution in [-0.4, -0.2) is 34.4 Å². The molecule has 0 saturated heterocycles. The quantitative estimate of drug-likeness (QED) is 0.681. The van der Waals surface area contributed by atoms with Crippen LogP contribution in [0.4, 0.5) is 0 Å². The van der Waals surface area contributed by atoms with Crippen LogP contribution in [0.1, 0.15) is 15.9 Å². The molecule has 2 aromatic rings. The fraction of sp³-hybridized carbons (Fsp3) is 0.222. The molecule has 1 aliphatic heterocycles. The van der Waals surface area contributed by atoms with E-state index in [-0.39, 0.29) is 5.78 Å². The summed E-state index contributed by atoms with van der Waals surface area (Å²) in [7, 11) is 0. The average molecular weight is 311 g/mol. The maximum absolute atomic E-state index is 12.3. The Morgan fingerprint density at radius 2 is 1.73 bits per heavy atom. The van der Waals surface area contributed by atoms with Crippen molar-refractivity contribution in [3.8, 4) is 0 Å². The van der Waals surface area contributed by atoms with Gasteiger partial charge in [-0.25, -0.2) is 4.58 Å². The lowest BCUT2D eigenvalue weighted by Crippen LogP contribution is -2.31. The van der Waals surface area contributed by atoms with Gasteiger partial charge >= 0.3 is 5.17 Å². The lowest BCUT2D eigenvalue weighted by molar-refractivity contribution is -0.505. The number of ketones is 1. The van der Waals surface area contributed by atoms with E-state index < -0.39 is 0 Å². The lowest BCUT2D eigenvalue weighted by atomic mass is 10.1. The first-order chi connectivity index (χ1) is 10.8. The van der Waals surface area contributed by atoms with E-state index >= 15 is 0 Å². The second-order valence-corrected chi connectivity index (χ2v) is 6.29. The first-order valence-electron chi connectivity index (χ1n) is 7.44. The highest BCUT2D eigenvalue weighted by Crippen LogP contribution is 2.12. The molecule has 2 aromatic carbocycles. The molecule has 3 rings (SSSR count). The predicted octanol–water partition coefficient (Wildman–Crippen LogP) is 2.77. The summed E-state index contributed by atoms with van der Waals surface area (Å²) in [5.41, 5.74) is 2.03. The predicted molar refractivity (Wildman–Crippen MR) is 91.5 cm³/mol. The van der Waals surface area contributed by atoms with Gasteiger partial charge in [0.1, 0.15) is 13.1 Å². The maximum Gasteiger partial charge on any atom is 0.307 e. The first-order valence-corrected chi connectivity index (χ1v) is 8.42. The molecule has 22 heavy (non-hydrogen) atoms. The molecule has 0 unspecified atom stereocenters. The van der Waals surface area contributed by atoms with Crippen LogP contribution >= 0.6 is 11.8 Å². The van der Waals surface area contributed by atoms with Gasteiger partial charge in [-0.2, -0.15) is 0 Å². The number of rotatable bonds is 5. The van der Waals surface area contributed by atoms with E-state index in [9.17, 15) is 4.79 Å². The number of hydrogen-bond acceptors (Lipinski definition) is 3. The van der Waals surface area contributed by atoms with E-state index in [1.54, 1.807) is 11.8 Å². The Morgan fingerprint density at radius 3 is 2.45 bits per heavy atom. The summed E-state index contributed by atoms with van der Waals surface area (Å²) in [4.78, 5) is 12.3. The molecule has 0 fully saturated rings. The van der Waals surface area contributed by atoms with E-state index in [1.807, 2.05) is 48.5 Å². The minimum Gasteiger partial charge on any atom is -0.290 e.